The van der Waals surface area contributed by atoms with Gasteiger partial charge in [0.1, 0.15) is 0 Å². The standard InChI is InChI=1S/C14H29NO2S/c1-4-7-9-14(5-2,12-15-6-3)13-8-10-18(16,17)11-13/h13,15H,4-12H2,1-3H3. The molecule has 18 heavy (non-hydrogen) atoms. The first kappa shape index (κ1) is 16.0. The molecule has 0 radical (unpaired) electrons. The van der Waals surface area contributed by atoms with Gasteiger partial charge < -0.3 is 5.32 Å². The molecule has 2 atom stereocenters. The summed E-state index contributed by atoms with van der Waals surface area (Å²) in [5.74, 6) is 1.17. The van der Waals surface area contributed by atoms with Crippen molar-refractivity contribution in [2.75, 3.05) is 24.6 Å². The van der Waals surface area contributed by atoms with Crippen LogP contribution in [0.5, 0.6) is 0 Å². The first-order valence-corrected chi connectivity index (χ1v) is 9.23. The van der Waals surface area contributed by atoms with Crippen molar-refractivity contribution < 1.29 is 8.42 Å². The fourth-order valence-corrected chi connectivity index (χ4v) is 5.15. The Bertz CT molecular complexity index is 330. The first-order valence-electron chi connectivity index (χ1n) is 7.40. The molecular weight excluding hydrogens is 246 g/mol. The Labute approximate surface area is 113 Å². The minimum absolute atomic E-state index is 0.190. The fourth-order valence-electron chi connectivity index (χ4n) is 3.21. The van der Waals surface area contributed by atoms with Crippen LogP contribution < -0.4 is 5.32 Å². The Balaban J connectivity index is 2.80. The first-order chi connectivity index (χ1) is 8.49. The zero-order chi connectivity index (χ0) is 13.6. The van der Waals surface area contributed by atoms with Crippen LogP contribution in [0, 0.1) is 11.3 Å². The molecule has 108 valence electrons. The average Bonchev–Trinajstić information content (AvgIpc) is 2.71. The molecule has 1 N–H and O–H groups in total. The summed E-state index contributed by atoms with van der Waals surface area (Å²) >= 11 is 0. The zero-order valence-electron chi connectivity index (χ0n) is 12.2. The predicted molar refractivity (Wildman–Crippen MR) is 77.6 cm³/mol. The fraction of sp³-hybridized carbons (Fsp3) is 1.00. The van der Waals surface area contributed by atoms with Crippen molar-refractivity contribution in [2.45, 2.75) is 52.9 Å². The van der Waals surface area contributed by atoms with Crippen molar-refractivity contribution in [3.8, 4) is 0 Å². The van der Waals surface area contributed by atoms with Gasteiger partial charge in [-0.3, -0.25) is 0 Å². The van der Waals surface area contributed by atoms with Gasteiger partial charge in [-0.05, 0) is 37.1 Å². The monoisotopic (exact) mass is 275 g/mol. The van der Waals surface area contributed by atoms with Gasteiger partial charge >= 0.3 is 0 Å². The molecule has 0 aromatic rings. The molecule has 4 heteroatoms. The van der Waals surface area contributed by atoms with Gasteiger partial charge in [0, 0.05) is 6.54 Å². The number of rotatable bonds is 8. The third-order valence-electron chi connectivity index (χ3n) is 4.56. The maximum absolute atomic E-state index is 11.7. The van der Waals surface area contributed by atoms with Crippen LogP contribution in [0.15, 0.2) is 0 Å². The normalized spacial score (nSPS) is 26.1. The Morgan fingerprint density at radius 3 is 2.44 bits per heavy atom. The van der Waals surface area contributed by atoms with Crippen molar-refractivity contribution in [2.24, 2.45) is 11.3 Å². The van der Waals surface area contributed by atoms with Gasteiger partial charge in [0.2, 0.25) is 0 Å². The summed E-state index contributed by atoms with van der Waals surface area (Å²) in [6, 6.07) is 0. The van der Waals surface area contributed by atoms with Crippen molar-refractivity contribution in [3.63, 3.8) is 0 Å². The van der Waals surface area contributed by atoms with Crippen LogP contribution in [-0.2, 0) is 9.84 Å². The molecule has 0 aromatic heterocycles. The maximum Gasteiger partial charge on any atom is 0.150 e. The topological polar surface area (TPSA) is 46.2 Å². The van der Waals surface area contributed by atoms with Gasteiger partial charge in [-0.15, -0.1) is 0 Å². The van der Waals surface area contributed by atoms with Gasteiger partial charge in [0.25, 0.3) is 0 Å². The van der Waals surface area contributed by atoms with Crippen molar-refractivity contribution in [1.29, 1.82) is 0 Å². The van der Waals surface area contributed by atoms with Crippen LogP contribution in [0.3, 0.4) is 0 Å². The number of nitrogens with one attached hydrogen (secondary N) is 1. The minimum atomic E-state index is -2.77. The van der Waals surface area contributed by atoms with E-state index < -0.39 is 9.84 Å². The van der Waals surface area contributed by atoms with Crippen LogP contribution in [0.1, 0.15) is 52.9 Å². The zero-order valence-corrected chi connectivity index (χ0v) is 13.0. The third-order valence-corrected chi connectivity index (χ3v) is 6.33. The molecule has 1 aliphatic heterocycles. The molecule has 1 aliphatic rings. The highest BCUT2D eigenvalue weighted by Crippen LogP contribution is 2.42. The van der Waals surface area contributed by atoms with Crippen molar-refractivity contribution in [3.05, 3.63) is 0 Å². The molecule has 1 heterocycles. The van der Waals surface area contributed by atoms with Crippen LogP contribution in [0.25, 0.3) is 0 Å². The van der Waals surface area contributed by atoms with E-state index in [1.165, 1.54) is 12.8 Å². The molecule has 1 rings (SSSR count). The molecular formula is C14H29NO2S. The molecule has 0 aromatic carbocycles. The van der Waals surface area contributed by atoms with Gasteiger partial charge in [-0.1, -0.05) is 33.6 Å². The number of sulfone groups is 1. The molecule has 0 amide bonds. The highest BCUT2D eigenvalue weighted by atomic mass is 32.2. The Kier molecular flexibility index (Phi) is 6.12. The Morgan fingerprint density at radius 1 is 1.28 bits per heavy atom. The lowest BCUT2D eigenvalue weighted by Crippen LogP contribution is -2.40. The summed E-state index contributed by atoms with van der Waals surface area (Å²) < 4.78 is 23.5. The van der Waals surface area contributed by atoms with E-state index in [1.807, 2.05) is 0 Å². The van der Waals surface area contributed by atoms with Crippen LogP contribution >= 0.6 is 0 Å². The molecule has 3 nitrogen and oxygen atoms in total. The minimum Gasteiger partial charge on any atom is -0.316 e. The van der Waals surface area contributed by atoms with E-state index in [9.17, 15) is 8.42 Å². The van der Waals surface area contributed by atoms with Gasteiger partial charge in [0.15, 0.2) is 9.84 Å². The molecule has 1 saturated heterocycles. The second-order valence-electron chi connectivity index (χ2n) is 5.70. The van der Waals surface area contributed by atoms with Gasteiger partial charge in [-0.2, -0.15) is 0 Å². The highest BCUT2D eigenvalue weighted by Gasteiger charge is 2.42. The lowest BCUT2D eigenvalue weighted by Gasteiger charge is -2.38. The molecule has 0 spiro atoms. The van der Waals surface area contributed by atoms with E-state index >= 15 is 0 Å². The predicted octanol–water partition coefficient (Wildman–Crippen LogP) is 2.62. The van der Waals surface area contributed by atoms with E-state index in [4.69, 9.17) is 0 Å². The van der Waals surface area contributed by atoms with Crippen molar-refractivity contribution >= 4 is 9.84 Å². The molecule has 1 fully saturated rings. The summed E-state index contributed by atoms with van der Waals surface area (Å²) in [4.78, 5) is 0. The summed E-state index contributed by atoms with van der Waals surface area (Å²) in [6.07, 6.45) is 5.50. The average molecular weight is 275 g/mol. The second-order valence-corrected chi connectivity index (χ2v) is 7.93. The number of hydrogen-bond donors (Lipinski definition) is 1. The van der Waals surface area contributed by atoms with Crippen LogP contribution in [0.2, 0.25) is 0 Å². The summed E-state index contributed by atoms with van der Waals surface area (Å²) in [5, 5.41) is 3.46. The molecule has 0 bridgehead atoms. The summed E-state index contributed by atoms with van der Waals surface area (Å²) in [5.41, 5.74) is 0.190. The molecule has 0 aliphatic carbocycles. The summed E-state index contributed by atoms with van der Waals surface area (Å²) in [6.45, 7) is 8.48. The van der Waals surface area contributed by atoms with E-state index in [0.717, 1.165) is 32.4 Å². The Morgan fingerprint density at radius 2 is 2.00 bits per heavy atom. The lowest BCUT2D eigenvalue weighted by molar-refractivity contribution is 0.144. The van der Waals surface area contributed by atoms with Gasteiger partial charge in [0.05, 0.1) is 11.5 Å². The number of unbranched alkanes of at least 4 members (excludes halogenated alkanes) is 1. The lowest BCUT2D eigenvalue weighted by atomic mass is 9.69. The largest absolute Gasteiger partial charge is 0.316 e. The van der Waals surface area contributed by atoms with Crippen LogP contribution in [-0.4, -0.2) is 33.0 Å². The van der Waals surface area contributed by atoms with E-state index in [0.29, 0.717) is 17.4 Å². The number of hydrogen-bond acceptors (Lipinski definition) is 3. The second kappa shape index (κ2) is 6.90. The van der Waals surface area contributed by atoms with Crippen molar-refractivity contribution in [1.82, 2.24) is 5.32 Å². The Hall–Kier alpha value is -0.0900. The maximum atomic E-state index is 11.7. The van der Waals surface area contributed by atoms with E-state index in [2.05, 4.69) is 26.1 Å². The van der Waals surface area contributed by atoms with E-state index in [1.54, 1.807) is 0 Å². The SMILES string of the molecule is CCCCC(CC)(CNCC)C1CCS(=O)(=O)C1. The van der Waals surface area contributed by atoms with E-state index in [-0.39, 0.29) is 5.41 Å². The molecule has 2 unspecified atom stereocenters. The summed E-state index contributed by atoms with van der Waals surface area (Å²) in [7, 11) is -2.77. The smallest absolute Gasteiger partial charge is 0.150 e. The molecule has 0 saturated carbocycles. The highest BCUT2D eigenvalue weighted by molar-refractivity contribution is 7.91. The van der Waals surface area contributed by atoms with Gasteiger partial charge in [-0.25, -0.2) is 8.42 Å². The van der Waals surface area contributed by atoms with Crippen LogP contribution in [0.4, 0.5) is 0 Å². The third kappa shape index (κ3) is 3.95. The quantitative estimate of drug-likeness (QED) is 0.740.